The third-order valence-electron chi connectivity index (χ3n) is 4.74. The van der Waals surface area contributed by atoms with Gasteiger partial charge in [-0.25, -0.2) is 8.42 Å². The molecule has 33 heavy (non-hydrogen) atoms. The van der Waals surface area contributed by atoms with Crippen molar-refractivity contribution < 1.29 is 17.9 Å². The highest BCUT2D eigenvalue weighted by atomic mass is 32.2. The lowest BCUT2D eigenvalue weighted by Crippen LogP contribution is -2.19. The number of benzene rings is 2. The molecule has 0 radical (unpaired) electrons. The number of nitriles is 1. The Morgan fingerprint density at radius 2 is 1.67 bits per heavy atom. The van der Waals surface area contributed by atoms with Crippen LogP contribution in [0.15, 0.2) is 93.6 Å². The minimum Gasteiger partial charge on any atom is -0.497 e. The molecule has 0 atom stereocenters. The normalized spacial score (nSPS) is 11.7. The molecule has 0 spiro atoms. The van der Waals surface area contributed by atoms with Crippen LogP contribution in [0.2, 0.25) is 0 Å². The predicted molar refractivity (Wildman–Crippen MR) is 122 cm³/mol. The van der Waals surface area contributed by atoms with Crippen molar-refractivity contribution in [2.24, 2.45) is 0 Å². The highest BCUT2D eigenvalue weighted by molar-refractivity contribution is 7.95. The van der Waals surface area contributed by atoms with Crippen molar-refractivity contribution >= 4 is 21.6 Å². The number of allylic oxidation sites excluding steroid dienone is 1. The highest BCUT2D eigenvalue weighted by Crippen LogP contribution is 2.27. The lowest BCUT2D eigenvalue weighted by atomic mass is 10.2. The molecule has 2 heterocycles. The van der Waals surface area contributed by atoms with Crippen LogP contribution in [0.4, 0.5) is 0 Å². The Morgan fingerprint density at radius 1 is 1.00 bits per heavy atom. The van der Waals surface area contributed by atoms with Crippen LogP contribution in [0.25, 0.3) is 11.7 Å². The third-order valence-corrected chi connectivity index (χ3v) is 6.42. The smallest absolute Gasteiger partial charge is 0.269 e. The van der Waals surface area contributed by atoms with Gasteiger partial charge in [-0.3, -0.25) is 9.20 Å². The van der Waals surface area contributed by atoms with Gasteiger partial charge in [-0.1, -0.05) is 24.3 Å². The van der Waals surface area contributed by atoms with Crippen molar-refractivity contribution in [2.75, 3.05) is 7.11 Å². The first-order valence-corrected chi connectivity index (χ1v) is 11.2. The van der Waals surface area contributed by atoms with Gasteiger partial charge < -0.3 is 9.47 Å². The van der Waals surface area contributed by atoms with Crippen molar-refractivity contribution in [3.63, 3.8) is 0 Å². The molecule has 0 unspecified atom stereocenters. The average molecular weight is 459 g/mol. The molecule has 164 valence electrons. The van der Waals surface area contributed by atoms with Gasteiger partial charge in [0.2, 0.25) is 15.7 Å². The van der Waals surface area contributed by atoms with Gasteiger partial charge in [-0.2, -0.15) is 10.2 Å². The molecule has 0 aliphatic heterocycles. The molecule has 2 aromatic carbocycles. The van der Waals surface area contributed by atoms with Gasteiger partial charge in [0.25, 0.3) is 5.56 Å². The van der Waals surface area contributed by atoms with Crippen LogP contribution in [0, 0.1) is 11.3 Å². The summed E-state index contributed by atoms with van der Waals surface area (Å²) in [5.41, 5.74) is -0.460. The Labute approximate surface area is 189 Å². The molecule has 0 aliphatic carbocycles. The van der Waals surface area contributed by atoms with E-state index in [-0.39, 0.29) is 16.3 Å². The Balaban J connectivity index is 1.91. The van der Waals surface area contributed by atoms with Gasteiger partial charge in [0.15, 0.2) is 0 Å². The first-order chi connectivity index (χ1) is 15.9. The number of hydrogen-bond acceptors (Lipinski definition) is 7. The van der Waals surface area contributed by atoms with E-state index in [0.717, 1.165) is 6.08 Å². The van der Waals surface area contributed by atoms with Crippen LogP contribution < -0.4 is 15.0 Å². The summed E-state index contributed by atoms with van der Waals surface area (Å²) in [6.07, 6.45) is 2.49. The molecular formula is C24H17N3O5S. The fourth-order valence-corrected chi connectivity index (χ4v) is 4.23. The van der Waals surface area contributed by atoms with E-state index < -0.39 is 20.3 Å². The molecular weight excluding hydrogens is 442 g/mol. The summed E-state index contributed by atoms with van der Waals surface area (Å²) in [7, 11) is -2.64. The van der Waals surface area contributed by atoms with E-state index in [2.05, 4.69) is 4.98 Å². The largest absolute Gasteiger partial charge is 0.497 e. The maximum atomic E-state index is 13.2. The van der Waals surface area contributed by atoms with E-state index in [0.29, 0.717) is 17.1 Å². The van der Waals surface area contributed by atoms with E-state index in [9.17, 15) is 18.5 Å². The maximum Gasteiger partial charge on any atom is 0.269 e. The van der Waals surface area contributed by atoms with Crippen LogP contribution >= 0.6 is 0 Å². The number of aromatic nitrogens is 2. The predicted octanol–water partition coefficient (Wildman–Crippen LogP) is 3.83. The van der Waals surface area contributed by atoms with Crippen molar-refractivity contribution in [1.82, 2.24) is 9.38 Å². The number of nitrogens with zero attached hydrogens (tertiary/aromatic N) is 3. The zero-order valence-corrected chi connectivity index (χ0v) is 18.2. The SMILES string of the molecule is COc1ccc(Oc2nc3ccccn3c(=O)c2/C=C(\C#N)S(=O)(=O)c2ccccc2)cc1. The second kappa shape index (κ2) is 8.98. The number of methoxy groups -OCH3 is 1. The molecule has 4 aromatic rings. The molecule has 0 aliphatic rings. The lowest BCUT2D eigenvalue weighted by molar-refractivity contribution is 0.412. The quantitative estimate of drug-likeness (QED) is 0.403. The molecule has 0 bridgehead atoms. The molecule has 4 rings (SSSR count). The molecule has 0 N–H and O–H groups in total. The van der Waals surface area contributed by atoms with Crippen LogP contribution in [-0.2, 0) is 9.84 Å². The van der Waals surface area contributed by atoms with Crippen molar-refractivity contribution in [3.8, 4) is 23.4 Å². The van der Waals surface area contributed by atoms with Gasteiger partial charge in [-0.15, -0.1) is 0 Å². The lowest BCUT2D eigenvalue weighted by Gasteiger charge is -2.11. The Kier molecular flexibility index (Phi) is 5.93. The summed E-state index contributed by atoms with van der Waals surface area (Å²) in [6, 6.07) is 20.7. The second-order valence-corrected chi connectivity index (χ2v) is 8.70. The topological polar surface area (TPSA) is 111 Å². The van der Waals surface area contributed by atoms with E-state index in [1.807, 2.05) is 0 Å². The summed E-state index contributed by atoms with van der Waals surface area (Å²) in [5, 5.41) is 9.65. The molecule has 2 aromatic heterocycles. The van der Waals surface area contributed by atoms with Gasteiger partial charge in [-0.05, 0) is 54.6 Å². The average Bonchev–Trinajstić information content (AvgIpc) is 2.85. The molecule has 0 saturated carbocycles. The second-order valence-electron chi connectivity index (χ2n) is 6.78. The summed E-state index contributed by atoms with van der Waals surface area (Å²) in [6.45, 7) is 0. The Bertz CT molecular complexity index is 1550. The Morgan fingerprint density at radius 3 is 2.33 bits per heavy atom. The fourth-order valence-electron chi connectivity index (χ4n) is 3.07. The summed E-state index contributed by atoms with van der Waals surface area (Å²) in [5.74, 6) is 0.823. The van der Waals surface area contributed by atoms with E-state index in [1.165, 1.54) is 29.8 Å². The van der Waals surface area contributed by atoms with Crippen LogP contribution in [0.3, 0.4) is 0 Å². The monoisotopic (exact) mass is 459 g/mol. The summed E-state index contributed by atoms with van der Waals surface area (Å²) in [4.78, 5) is 16.9. The van der Waals surface area contributed by atoms with Crippen LogP contribution in [0.5, 0.6) is 17.4 Å². The molecule has 0 fully saturated rings. The van der Waals surface area contributed by atoms with Gasteiger partial charge in [0.1, 0.15) is 33.7 Å². The number of sulfone groups is 1. The number of hydrogen-bond donors (Lipinski definition) is 0. The number of fused-ring (bicyclic) bond motifs is 1. The summed E-state index contributed by atoms with van der Waals surface area (Å²) < 4.78 is 38.2. The maximum absolute atomic E-state index is 13.2. The number of rotatable bonds is 6. The third kappa shape index (κ3) is 4.33. The van der Waals surface area contributed by atoms with Crippen molar-refractivity contribution in [2.45, 2.75) is 4.90 Å². The summed E-state index contributed by atoms with van der Waals surface area (Å²) >= 11 is 0. The highest BCUT2D eigenvalue weighted by Gasteiger charge is 2.23. The van der Waals surface area contributed by atoms with Crippen molar-refractivity contribution in [1.29, 1.82) is 5.26 Å². The van der Waals surface area contributed by atoms with E-state index in [4.69, 9.17) is 9.47 Å². The first kappa shape index (κ1) is 21.8. The molecule has 0 saturated heterocycles. The molecule has 8 nitrogen and oxygen atoms in total. The van der Waals surface area contributed by atoms with E-state index in [1.54, 1.807) is 66.7 Å². The molecule has 0 amide bonds. The minimum atomic E-state index is -4.17. The Hall–Kier alpha value is -4.42. The van der Waals surface area contributed by atoms with Gasteiger partial charge >= 0.3 is 0 Å². The fraction of sp³-hybridized carbons (Fsp3) is 0.0417. The van der Waals surface area contributed by atoms with Crippen LogP contribution in [-0.4, -0.2) is 24.9 Å². The standard InChI is InChI=1S/C24H17N3O5S/c1-31-17-10-12-18(13-11-17)32-23-21(24(28)27-14-6-5-9-22(27)26-23)15-20(16-25)33(29,30)19-7-3-2-4-8-19/h2-15H,1H3/b20-15+. The first-order valence-electron chi connectivity index (χ1n) is 9.69. The zero-order chi connectivity index (χ0) is 23.4. The van der Waals surface area contributed by atoms with Crippen LogP contribution in [0.1, 0.15) is 5.56 Å². The number of ether oxygens (including phenoxy) is 2. The zero-order valence-electron chi connectivity index (χ0n) is 17.4. The van der Waals surface area contributed by atoms with Gasteiger partial charge in [0, 0.05) is 6.20 Å². The minimum absolute atomic E-state index is 0.0655. The molecule has 9 heteroatoms. The van der Waals surface area contributed by atoms with E-state index >= 15 is 0 Å². The van der Waals surface area contributed by atoms with Gasteiger partial charge in [0.05, 0.1) is 12.0 Å². The number of pyridine rings is 1. The van der Waals surface area contributed by atoms with Crippen molar-refractivity contribution in [3.05, 3.63) is 99.8 Å².